The minimum Gasteiger partial charge on any atom is -0.494 e. The number of aromatic nitrogens is 4. The van der Waals surface area contributed by atoms with Gasteiger partial charge in [0, 0.05) is 38.3 Å². The van der Waals surface area contributed by atoms with Crippen molar-refractivity contribution in [1.29, 1.82) is 0 Å². The first-order valence-corrected chi connectivity index (χ1v) is 9.31. The maximum Gasteiger partial charge on any atom is 0.257 e. The Morgan fingerprint density at radius 2 is 2.18 bits per heavy atom. The number of amides is 1. The molecule has 0 saturated carbocycles. The van der Waals surface area contributed by atoms with E-state index in [0.717, 1.165) is 12.1 Å². The summed E-state index contributed by atoms with van der Waals surface area (Å²) in [5, 5.41) is 8.59. The number of methoxy groups -OCH3 is 1. The quantitative estimate of drug-likeness (QED) is 0.676. The first-order chi connectivity index (χ1) is 13.7. The molecule has 1 aliphatic heterocycles. The highest BCUT2D eigenvalue weighted by atomic mass is 16.5. The average molecular weight is 381 g/mol. The number of hydrogen-bond acceptors (Lipinski definition) is 5. The zero-order valence-electron chi connectivity index (χ0n) is 15.8. The fraction of sp³-hybridized carbons (Fsp3) is 0.350. The van der Waals surface area contributed by atoms with E-state index in [-0.39, 0.29) is 12.0 Å². The molecule has 2 aromatic heterocycles. The van der Waals surface area contributed by atoms with Crippen LogP contribution in [0.2, 0.25) is 0 Å². The summed E-state index contributed by atoms with van der Waals surface area (Å²) in [4.78, 5) is 14.9. The normalized spacial score (nSPS) is 17.3. The Morgan fingerprint density at radius 1 is 1.29 bits per heavy atom. The minimum absolute atomic E-state index is 0.0443. The lowest BCUT2D eigenvalue weighted by molar-refractivity contribution is 0.0367. The zero-order chi connectivity index (χ0) is 19.3. The number of rotatable bonds is 5. The van der Waals surface area contributed by atoms with Crippen LogP contribution in [0.1, 0.15) is 16.8 Å². The van der Waals surface area contributed by atoms with Crippen molar-refractivity contribution in [2.45, 2.75) is 19.1 Å². The van der Waals surface area contributed by atoms with E-state index in [1.807, 2.05) is 46.1 Å². The highest BCUT2D eigenvalue weighted by molar-refractivity contribution is 5.93. The predicted molar refractivity (Wildman–Crippen MR) is 103 cm³/mol. The second-order valence-electron chi connectivity index (χ2n) is 6.67. The van der Waals surface area contributed by atoms with Gasteiger partial charge in [0.05, 0.1) is 31.5 Å². The fourth-order valence-corrected chi connectivity index (χ4v) is 3.37. The average Bonchev–Trinajstić information content (AvgIpc) is 3.36. The van der Waals surface area contributed by atoms with Crippen LogP contribution in [-0.2, 0) is 11.3 Å². The minimum atomic E-state index is -0.0874. The van der Waals surface area contributed by atoms with E-state index in [1.165, 1.54) is 0 Å². The summed E-state index contributed by atoms with van der Waals surface area (Å²) >= 11 is 0. The van der Waals surface area contributed by atoms with Crippen molar-refractivity contribution in [2.75, 3.05) is 26.8 Å². The third kappa shape index (κ3) is 3.91. The molecule has 146 valence electrons. The van der Waals surface area contributed by atoms with Crippen LogP contribution in [0.3, 0.4) is 0 Å². The Balaban J connectivity index is 1.49. The van der Waals surface area contributed by atoms with Crippen LogP contribution in [0.5, 0.6) is 5.75 Å². The Bertz CT molecular complexity index is 922. The SMILES string of the molecule is COc1ccccc1-n1cc(C(=O)N2CCCO[C@H](Cn3cccn3)C2)cn1. The highest BCUT2D eigenvalue weighted by Gasteiger charge is 2.25. The van der Waals surface area contributed by atoms with Crippen molar-refractivity contribution in [2.24, 2.45) is 0 Å². The number of carbonyl (C=O) groups excluding carboxylic acids is 1. The highest BCUT2D eigenvalue weighted by Crippen LogP contribution is 2.22. The van der Waals surface area contributed by atoms with Crippen LogP contribution < -0.4 is 4.74 Å². The predicted octanol–water partition coefficient (Wildman–Crippen LogP) is 2.01. The van der Waals surface area contributed by atoms with E-state index >= 15 is 0 Å². The molecule has 8 nitrogen and oxygen atoms in total. The van der Waals surface area contributed by atoms with Crippen LogP contribution >= 0.6 is 0 Å². The maximum absolute atomic E-state index is 13.1. The van der Waals surface area contributed by atoms with Gasteiger partial charge in [-0.1, -0.05) is 12.1 Å². The zero-order valence-corrected chi connectivity index (χ0v) is 15.8. The van der Waals surface area contributed by atoms with Gasteiger partial charge in [-0.05, 0) is 24.6 Å². The number of ether oxygens (including phenoxy) is 2. The first kappa shape index (κ1) is 18.2. The van der Waals surface area contributed by atoms with E-state index in [4.69, 9.17) is 9.47 Å². The largest absolute Gasteiger partial charge is 0.494 e. The molecule has 28 heavy (non-hydrogen) atoms. The van der Waals surface area contributed by atoms with Crippen LogP contribution in [0, 0.1) is 0 Å². The van der Waals surface area contributed by atoms with Crippen molar-refractivity contribution in [3.63, 3.8) is 0 Å². The summed E-state index contributed by atoms with van der Waals surface area (Å²) in [6.07, 6.45) is 7.71. The summed E-state index contributed by atoms with van der Waals surface area (Å²) in [6.45, 7) is 2.44. The molecule has 1 amide bonds. The van der Waals surface area contributed by atoms with Crippen molar-refractivity contribution in [3.05, 3.63) is 60.7 Å². The van der Waals surface area contributed by atoms with Crippen LogP contribution in [0.25, 0.3) is 5.69 Å². The monoisotopic (exact) mass is 381 g/mol. The summed E-state index contributed by atoms with van der Waals surface area (Å²) in [5.74, 6) is 0.657. The lowest BCUT2D eigenvalue weighted by Gasteiger charge is -2.23. The van der Waals surface area contributed by atoms with Crippen molar-refractivity contribution < 1.29 is 14.3 Å². The standard InChI is InChI=1S/C20H23N5O3/c1-27-19-7-3-2-6-18(19)25-13-16(12-22-25)20(26)23-9-5-11-28-17(14-23)15-24-10-4-8-21-24/h2-4,6-8,10,12-13,17H,5,9,11,14-15H2,1H3/t17-/m0/s1. The van der Waals surface area contributed by atoms with Gasteiger partial charge in [0.25, 0.3) is 5.91 Å². The van der Waals surface area contributed by atoms with Gasteiger partial charge in [-0.25, -0.2) is 4.68 Å². The van der Waals surface area contributed by atoms with Gasteiger partial charge in [-0.3, -0.25) is 9.48 Å². The molecule has 0 N–H and O–H groups in total. The second-order valence-corrected chi connectivity index (χ2v) is 6.67. The molecule has 0 radical (unpaired) electrons. The first-order valence-electron chi connectivity index (χ1n) is 9.31. The molecule has 1 aliphatic rings. The molecule has 1 fully saturated rings. The molecule has 0 bridgehead atoms. The molecular formula is C20H23N5O3. The fourth-order valence-electron chi connectivity index (χ4n) is 3.37. The molecule has 4 rings (SSSR count). The van der Waals surface area contributed by atoms with Gasteiger partial charge >= 0.3 is 0 Å². The van der Waals surface area contributed by atoms with Gasteiger partial charge in [0.1, 0.15) is 11.4 Å². The molecule has 0 aliphatic carbocycles. The Hall–Kier alpha value is -3.13. The van der Waals surface area contributed by atoms with E-state index < -0.39 is 0 Å². The van der Waals surface area contributed by atoms with Gasteiger partial charge in [0.15, 0.2) is 0 Å². The van der Waals surface area contributed by atoms with Gasteiger partial charge in [-0.2, -0.15) is 10.2 Å². The molecule has 1 atom stereocenters. The van der Waals surface area contributed by atoms with Crippen LogP contribution in [0.4, 0.5) is 0 Å². The maximum atomic E-state index is 13.1. The topological polar surface area (TPSA) is 74.4 Å². The van der Waals surface area contributed by atoms with Crippen molar-refractivity contribution in [3.8, 4) is 11.4 Å². The van der Waals surface area contributed by atoms with Crippen molar-refractivity contribution >= 4 is 5.91 Å². The van der Waals surface area contributed by atoms with E-state index in [1.54, 1.807) is 30.4 Å². The number of carbonyl (C=O) groups is 1. The Morgan fingerprint density at radius 3 is 3.00 bits per heavy atom. The Labute approximate surface area is 163 Å². The van der Waals surface area contributed by atoms with Crippen molar-refractivity contribution in [1.82, 2.24) is 24.5 Å². The smallest absolute Gasteiger partial charge is 0.257 e. The van der Waals surface area contributed by atoms with Crippen LogP contribution in [-0.4, -0.2) is 63.3 Å². The molecule has 0 spiro atoms. The third-order valence-corrected chi connectivity index (χ3v) is 4.75. The van der Waals surface area contributed by atoms with Gasteiger partial charge in [-0.15, -0.1) is 0 Å². The van der Waals surface area contributed by atoms with E-state index in [0.29, 0.717) is 37.6 Å². The number of benzene rings is 1. The molecule has 1 saturated heterocycles. The van der Waals surface area contributed by atoms with Gasteiger partial charge in [0.2, 0.25) is 0 Å². The molecule has 1 aromatic carbocycles. The molecule has 3 heterocycles. The number of hydrogen-bond donors (Lipinski definition) is 0. The third-order valence-electron chi connectivity index (χ3n) is 4.75. The summed E-state index contributed by atoms with van der Waals surface area (Å²) in [6, 6.07) is 9.46. The summed E-state index contributed by atoms with van der Waals surface area (Å²) in [5.41, 5.74) is 1.34. The lowest BCUT2D eigenvalue weighted by atomic mass is 10.2. The number of nitrogens with zero attached hydrogens (tertiary/aromatic N) is 5. The van der Waals surface area contributed by atoms with Gasteiger partial charge < -0.3 is 14.4 Å². The van der Waals surface area contributed by atoms with E-state index in [2.05, 4.69) is 10.2 Å². The lowest BCUT2D eigenvalue weighted by Crippen LogP contribution is -2.38. The second kappa shape index (κ2) is 8.26. The molecule has 0 unspecified atom stereocenters. The Kier molecular flexibility index (Phi) is 5.38. The molecule has 8 heteroatoms. The summed E-state index contributed by atoms with van der Waals surface area (Å²) in [7, 11) is 1.62. The summed E-state index contributed by atoms with van der Waals surface area (Å²) < 4.78 is 14.8. The number of para-hydroxylation sites is 2. The molecule has 3 aromatic rings. The van der Waals surface area contributed by atoms with E-state index in [9.17, 15) is 4.79 Å². The molecular weight excluding hydrogens is 358 g/mol. The van der Waals surface area contributed by atoms with Crippen LogP contribution in [0.15, 0.2) is 55.1 Å².